The third kappa shape index (κ3) is 8.55. The zero-order valence-electron chi connectivity index (χ0n) is 16.3. The summed E-state index contributed by atoms with van der Waals surface area (Å²) < 4.78 is 26.4. The van der Waals surface area contributed by atoms with Gasteiger partial charge in [-0.2, -0.15) is 0 Å². The van der Waals surface area contributed by atoms with Crippen molar-refractivity contribution in [3.63, 3.8) is 0 Å². The first-order valence-corrected chi connectivity index (χ1v) is 10.9. The molecule has 2 N–H and O–H groups in total. The molecule has 2 rings (SSSR count). The topological polar surface area (TPSA) is 101 Å². The fraction of sp³-hybridized carbons (Fsp3) is 0.500. The molecule has 0 atom stereocenters. The van der Waals surface area contributed by atoms with E-state index < -0.39 is 9.84 Å². The molecular weight excluding hydrogens is 491 g/mol. The third-order valence-corrected chi connectivity index (χ3v) is 5.72. The maximum Gasteiger partial charge on any atom is 0.191 e. The minimum Gasteiger partial charge on any atom is -0.356 e. The van der Waals surface area contributed by atoms with Gasteiger partial charge in [-0.1, -0.05) is 37.3 Å². The van der Waals surface area contributed by atoms with Gasteiger partial charge in [0.25, 0.3) is 0 Å². The van der Waals surface area contributed by atoms with E-state index in [9.17, 15) is 8.42 Å². The lowest BCUT2D eigenvalue weighted by molar-refractivity contribution is 0.591. The quantitative estimate of drug-likeness (QED) is 0.214. The number of benzene rings is 1. The molecule has 0 amide bonds. The minimum atomic E-state index is -3.11. The molecule has 0 radical (unpaired) electrons. The summed E-state index contributed by atoms with van der Waals surface area (Å²) in [7, 11) is -1.42. The Labute approximate surface area is 184 Å². The van der Waals surface area contributed by atoms with Crippen molar-refractivity contribution in [1.82, 2.24) is 25.4 Å². The normalized spacial score (nSPS) is 11.7. The van der Waals surface area contributed by atoms with Crippen LogP contribution in [0, 0.1) is 0 Å². The van der Waals surface area contributed by atoms with E-state index in [0.29, 0.717) is 25.5 Å². The van der Waals surface area contributed by atoms with Gasteiger partial charge in [-0.25, -0.2) is 8.42 Å². The molecule has 2 aromatic rings. The van der Waals surface area contributed by atoms with Gasteiger partial charge in [0.1, 0.15) is 12.2 Å². The van der Waals surface area contributed by atoms with Crippen molar-refractivity contribution < 1.29 is 8.42 Å². The van der Waals surface area contributed by atoms with E-state index in [1.807, 2.05) is 41.8 Å². The zero-order valence-corrected chi connectivity index (χ0v) is 19.5. The molecule has 156 valence electrons. The largest absolute Gasteiger partial charge is 0.356 e. The number of aromatic nitrogens is 3. The molecule has 10 heteroatoms. The van der Waals surface area contributed by atoms with E-state index in [1.165, 1.54) is 0 Å². The fourth-order valence-corrected chi connectivity index (χ4v) is 4.08. The second kappa shape index (κ2) is 12.7. The van der Waals surface area contributed by atoms with E-state index in [4.69, 9.17) is 0 Å². The fourth-order valence-electron chi connectivity index (χ4n) is 2.65. The highest BCUT2D eigenvalue weighted by Crippen LogP contribution is 2.06. The van der Waals surface area contributed by atoms with Crippen LogP contribution >= 0.6 is 24.0 Å². The van der Waals surface area contributed by atoms with Crippen LogP contribution < -0.4 is 10.6 Å². The van der Waals surface area contributed by atoms with Crippen molar-refractivity contribution in [3.8, 4) is 0 Å². The Morgan fingerprint density at radius 3 is 2.57 bits per heavy atom. The Balaban J connectivity index is 0.00000392. The number of guanidine groups is 1. The van der Waals surface area contributed by atoms with Gasteiger partial charge >= 0.3 is 0 Å². The predicted molar refractivity (Wildman–Crippen MR) is 123 cm³/mol. The van der Waals surface area contributed by atoms with E-state index in [-0.39, 0.29) is 35.5 Å². The Hall–Kier alpha value is -1.69. The molecule has 0 aliphatic rings. The second-order valence-corrected chi connectivity index (χ2v) is 8.34. The lowest BCUT2D eigenvalue weighted by atomic mass is 10.2. The molecule has 0 spiro atoms. The van der Waals surface area contributed by atoms with Crippen LogP contribution in [0.3, 0.4) is 0 Å². The summed E-state index contributed by atoms with van der Waals surface area (Å²) in [6.45, 7) is 4.00. The average molecular weight is 520 g/mol. The standard InChI is InChI=1S/C18H28N6O2S.HI/c1-3-17-23-22-15-24(17)12-11-21-18(19-2)20-10-7-13-27(25,26)14-16-8-5-4-6-9-16;/h4-6,8-9,15H,3,7,10-14H2,1-2H3,(H2,19,20,21);1H. The number of nitrogens with one attached hydrogen (secondary N) is 2. The molecule has 0 saturated carbocycles. The molecule has 28 heavy (non-hydrogen) atoms. The summed E-state index contributed by atoms with van der Waals surface area (Å²) in [5.41, 5.74) is 0.823. The predicted octanol–water partition coefficient (Wildman–Crippen LogP) is 1.63. The smallest absolute Gasteiger partial charge is 0.191 e. The summed E-state index contributed by atoms with van der Waals surface area (Å²) >= 11 is 0. The van der Waals surface area contributed by atoms with Gasteiger partial charge in [-0.3, -0.25) is 4.99 Å². The van der Waals surface area contributed by atoms with Crippen molar-refractivity contribution in [2.24, 2.45) is 4.99 Å². The number of aryl methyl sites for hydroxylation is 1. The summed E-state index contributed by atoms with van der Waals surface area (Å²) in [4.78, 5) is 4.16. The Kier molecular flexibility index (Phi) is 11.0. The van der Waals surface area contributed by atoms with Gasteiger partial charge in [-0.15, -0.1) is 34.2 Å². The molecule has 1 heterocycles. The molecule has 0 bridgehead atoms. The molecule has 0 aliphatic heterocycles. The number of nitrogens with zero attached hydrogens (tertiary/aromatic N) is 4. The molecule has 1 aromatic heterocycles. The first kappa shape index (κ1) is 24.3. The maximum atomic E-state index is 12.2. The van der Waals surface area contributed by atoms with Gasteiger partial charge in [0, 0.05) is 33.1 Å². The number of hydrogen-bond donors (Lipinski definition) is 2. The van der Waals surface area contributed by atoms with E-state index in [2.05, 4.69) is 25.8 Å². The second-order valence-electron chi connectivity index (χ2n) is 6.15. The summed E-state index contributed by atoms with van der Waals surface area (Å²) in [5.74, 6) is 1.83. The summed E-state index contributed by atoms with van der Waals surface area (Å²) in [6, 6.07) is 9.25. The van der Waals surface area contributed by atoms with Crippen LogP contribution in [0.2, 0.25) is 0 Å². The van der Waals surface area contributed by atoms with Crippen molar-refractivity contribution >= 4 is 39.8 Å². The van der Waals surface area contributed by atoms with Gasteiger partial charge in [0.05, 0.1) is 11.5 Å². The Morgan fingerprint density at radius 2 is 1.89 bits per heavy atom. The van der Waals surface area contributed by atoms with E-state index in [1.54, 1.807) is 13.4 Å². The molecule has 0 saturated heterocycles. The molecule has 8 nitrogen and oxygen atoms in total. The van der Waals surface area contributed by atoms with E-state index in [0.717, 1.165) is 24.4 Å². The number of hydrogen-bond acceptors (Lipinski definition) is 5. The molecular formula is C18H29IN6O2S. The number of halogens is 1. The SMILES string of the molecule is CCc1nncn1CCNC(=NC)NCCCS(=O)(=O)Cc1ccccc1.I. The number of rotatable bonds is 10. The lowest BCUT2D eigenvalue weighted by Crippen LogP contribution is -2.39. The third-order valence-electron chi connectivity index (χ3n) is 4.03. The lowest BCUT2D eigenvalue weighted by Gasteiger charge is -2.12. The van der Waals surface area contributed by atoms with Crippen molar-refractivity contribution in [2.75, 3.05) is 25.9 Å². The number of sulfone groups is 1. The van der Waals surface area contributed by atoms with Crippen LogP contribution in [-0.2, 0) is 28.6 Å². The summed E-state index contributed by atoms with van der Waals surface area (Å²) in [5, 5.41) is 14.3. The van der Waals surface area contributed by atoms with Crippen LogP contribution in [0.4, 0.5) is 0 Å². The first-order valence-electron chi connectivity index (χ1n) is 9.09. The highest BCUT2D eigenvalue weighted by molar-refractivity contribution is 14.0. The van der Waals surface area contributed by atoms with Gasteiger partial charge in [0.15, 0.2) is 15.8 Å². The molecule has 0 aliphatic carbocycles. The van der Waals surface area contributed by atoms with Crippen LogP contribution in [0.5, 0.6) is 0 Å². The van der Waals surface area contributed by atoms with Crippen LogP contribution in [0.1, 0.15) is 24.7 Å². The van der Waals surface area contributed by atoms with Gasteiger partial charge in [-0.05, 0) is 12.0 Å². The van der Waals surface area contributed by atoms with Crippen molar-refractivity contribution in [2.45, 2.75) is 32.1 Å². The first-order chi connectivity index (χ1) is 13.0. The van der Waals surface area contributed by atoms with Crippen LogP contribution in [0.15, 0.2) is 41.7 Å². The zero-order chi connectivity index (χ0) is 19.5. The van der Waals surface area contributed by atoms with Gasteiger partial charge < -0.3 is 15.2 Å². The van der Waals surface area contributed by atoms with Crippen LogP contribution in [-0.4, -0.2) is 55.0 Å². The Morgan fingerprint density at radius 1 is 1.18 bits per heavy atom. The maximum absolute atomic E-state index is 12.2. The Bertz CT molecular complexity index is 824. The molecule has 0 fully saturated rings. The average Bonchev–Trinajstić information content (AvgIpc) is 3.11. The number of aliphatic imine (C=N–C) groups is 1. The van der Waals surface area contributed by atoms with Crippen molar-refractivity contribution in [3.05, 3.63) is 48.0 Å². The molecule has 0 unspecified atom stereocenters. The summed E-state index contributed by atoms with van der Waals surface area (Å²) in [6.07, 6.45) is 3.08. The van der Waals surface area contributed by atoms with Gasteiger partial charge in [0.2, 0.25) is 0 Å². The highest BCUT2D eigenvalue weighted by atomic mass is 127. The minimum absolute atomic E-state index is 0. The van der Waals surface area contributed by atoms with Crippen LogP contribution in [0.25, 0.3) is 0 Å². The molecule has 1 aromatic carbocycles. The highest BCUT2D eigenvalue weighted by Gasteiger charge is 2.11. The van der Waals surface area contributed by atoms with Crippen molar-refractivity contribution in [1.29, 1.82) is 0 Å². The van der Waals surface area contributed by atoms with E-state index >= 15 is 0 Å². The monoisotopic (exact) mass is 520 g/mol.